The summed E-state index contributed by atoms with van der Waals surface area (Å²) < 4.78 is 18.7. The lowest BCUT2D eigenvalue weighted by atomic mass is 10.3. The molecule has 124 valence electrons. The highest BCUT2D eigenvalue weighted by molar-refractivity contribution is 7.10. The van der Waals surface area contributed by atoms with Gasteiger partial charge in [-0.05, 0) is 26.0 Å². The van der Waals surface area contributed by atoms with Gasteiger partial charge in [0.15, 0.2) is 17.7 Å². The zero-order chi connectivity index (χ0) is 17.5. The summed E-state index contributed by atoms with van der Waals surface area (Å²) in [6.07, 6.45) is 0.418. The number of thiazole rings is 1. The molecule has 0 aliphatic carbocycles. The number of benzene rings is 1. The van der Waals surface area contributed by atoms with E-state index >= 15 is 0 Å². The molecule has 0 aliphatic rings. The number of halogens is 1. The minimum atomic E-state index is -0.921. The predicted molar refractivity (Wildman–Crippen MR) is 88.2 cm³/mol. The third-order valence-corrected chi connectivity index (χ3v) is 3.88. The first-order chi connectivity index (χ1) is 11.5. The molecular formula is C16H15FN4O2S. The molecule has 1 aromatic heterocycles. The molecule has 2 N–H and O–H groups in total. The van der Waals surface area contributed by atoms with Crippen LogP contribution in [-0.2, 0) is 4.79 Å². The summed E-state index contributed by atoms with van der Waals surface area (Å²) in [6, 6.07) is 7.82. The van der Waals surface area contributed by atoms with Gasteiger partial charge in [-0.15, -0.1) is 11.3 Å². The number of nitriles is 1. The van der Waals surface area contributed by atoms with Crippen molar-refractivity contribution in [2.24, 2.45) is 0 Å². The molecule has 8 heteroatoms. The Morgan fingerprint density at radius 1 is 1.50 bits per heavy atom. The Morgan fingerprint density at radius 3 is 2.88 bits per heavy atom. The number of hydrazine groups is 1. The molecule has 0 saturated heterocycles. The number of aryl methyl sites for hydroxylation is 1. The monoisotopic (exact) mass is 346 g/mol. The number of hydrogen-bond donors (Lipinski definition) is 2. The van der Waals surface area contributed by atoms with Gasteiger partial charge in [0, 0.05) is 17.3 Å². The molecule has 1 aromatic carbocycles. The molecular weight excluding hydrogens is 331 g/mol. The molecule has 1 heterocycles. The molecule has 0 saturated carbocycles. The summed E-state index contributed by atoms with van der Waals surface area (Å²) >= 11 is 1.33. The zero-order valence-corrected chi connectivity index (χ0v) is 13.9. The average molecular weight is 346 g/mol. The van der Waals surface area contributed by atoms with Gasteiger partial charge in [0.25, 0.3) is 5.91 Å². The van der Waals surface area contributed by atoms with Crippen molar-refractivity contribution >= 4 is 22.8 Å². The Kier molecular flexibility index (Phi) is 5.87. The van der Waals surface area contributed by atoms with Gasteiger partial charge < -0.3 is 10.2 Å². The van der Waals surface area contributed by atoms with Crippen LogP contribution in [0.3, 0.4) is 0 Å². The number of ether oxygens (including phenoxy) is 1. The normalized spacial score (nSPS) is 12.2. The van der Waals surface area contributed by atoms with Gasteiger partial charge in [-0.2, -0.15) is 5.26 Å². The minimum absolute atomic E-state index is 0.00772. The minimum Gasteiger partial charge on any atom is -0.478 e. The van der Waals surface area contributed by atoms with Crippen molar-refractivity contribution in [1.29, 1.82) is 5.26 Å². The summed E-state index contributed by atoms with van der Waals surface area (Å²) in [5.74, 6) is -1.07. The van der Waals surface area contributed by atoms with Crippen molar-refractivity contribution in [1.82, 2.24) is 15.8 Å². The van der Waals surface area contributed by atoms with Crippen LogP contribution in [0.5, 0.6) is 5.75 Å². The Bertz CT molecular complexity index is 797. The van der Waals surface area contributed by atoms with Gasteiger partial charge in [0.05, 0.1) is 0 Å². The summed E-state index contributed by atoms with van der Waals surface area (Å²) in [7, 11) is 0. The number of allylic oxidation sites excluding steroid dienone is 1. The van der Waals surface area contributed by atoms with Crippen LogP contribution in [-0.4, -0.2) is 17.0 Å². The van der Waals surface area contributed by atoms with Crippen molar-refractivity contribution in [3.8, 4) is 11.8 Å². The highest BCUT2D eigenvalue weighted by Crippen LogP contribution is 2.18. The van der Waals surface area contributed by atoms with Crippen LogP contribution >= 0.6 is 11.3 Å². The van der Waals surface area contributed by atoms with Crippen molar-refractivity contribution < 1.29 is 13.9 Å². The lowest BCUT2D eigenvalue weighted by Gasteiger charge is -2.14. The van der Waals surface area contributed by atoms with E-state index in [0.717, 1.165) is 5.69 Å². The van der Waals surface area contributed by atoms with E-state index in [-0.39, 0.29) is 11.3 Å². The number of carbonyl (C=O) groups is 1. The number of amides is 1. The van der Waals surface area contributed by atoms with Gasteiger partial charge >= 0.3 is 0 Å². The van der Waals surface area contributed by atoms with E-state index in [9.17, 15) is 9.18 Å². The van der Waals surface area contributed by atoms with E-state index in [1.54, 1.807) is 6.07 Å². The Balaban J connectivity index is 1.91. The van der Waals surface area contributed by atoms with E-state index < -0.39 is 17.8 Å². The molecule has 1 amide bonds. The van der Waals surface area contributed by atoms with Gasteiger partial charge in [-0.25, -0.2) is 9.37 Å². The number of para-hydroxylation sites is 1. The highest BCUT2D eigenvalue weighted by atomic mass is 32.1. The van der Waals surface area contributed by atoms with E-state index in [1.807, 2.05) is 18.4 Å². The van der Waals surface area contributed by atoms with Crippen LogP contribution in [0.2, 0.25) is 0 Å². The van der Waals surface area contributed by atoms with Gasteiger partial charge in [0.2, 0.25) is 0 Å². The molecule has 6 nitrogen and oxygen atoms in total. The topological polar surface area (TPSA) is 87.0 Å². The van der Waals surface area contributed by atoms with Crippen molar-refractivity contribution in [2.45, 2.75) is 20.0 Å². The smallest absolute Gasteiger partial charge is 0.279 e. The number of carbonyl (C=O) groups excluding carboxylic acids is 1. The summed E-state index contributed by atoms with van der Waals surface area (Å²) in [5, 5.41) is 11.5. The fraction of sp³-hybridized carbons (Fsp3) is 0.188. The molecule has 0 spiro atoms. The average Bonchev–Trinajstić information content (AvgIpc) is 2.99. The number of nitrogens with zero attached hydrogens (tertiary/aromatic N) is 2. The van der Waals surface area contributed by atoms with E-state index in [4.69, 9.17) is 10.00 Å². The maximum Gasteiger partial charge on any atom is 0.279 e. The number of aromatic nitrogens is 1. The molecule has 0 fully saturated rings. The second-order valence-electron chi connectivity index (χ2n) is 4.79. The lowest BCUT2D eigenvalue weighted by molar-refractivity contribution is -0.128. The third-order valence-electron chi connectivity index (χ3n) is 2.89. The van der Waals surface area contributed by atoms with E-state index in [1.165, 1.54) is 42.7 Å². The van der Waals surface area contributed by atoms with Crippen LogP contribution < -0.4 is 15.6 Å². The van der Waals surface area contributed by atoms with E-state index in [0.29, 0.717) is 5.01 Å². The van der Waals surface area contributed by atoms with Gasteiger partial charge in [-0.3, -0.25) is 10.2 Å². The number of nitrogens with one attached hydrogen (secondary N) is 2. The van der Waals surface area contributed by atoms with Crippen LogP contribution in [0.25, 0.3) is 5.57 Å². The molecule has 2 rings (SSSR count). The second kappa shape index (κ2) is 8.08. The van der Waals surface area contributed by atoms with Crippen LogP contribution in [0.4, 0.5) is 4.39 Å². The third kappa shape index (κ3) is 4.54. The van der Waals surface area contributed by atoms with Crippen molar-refractivity contribution in [3.05, 3.63) is 52.4 Å². The molecule has 2 aromatic rings. The zero-order valence-electron chi connectivity index (χ0n) is 13.0. The quantitative estimate of drug-likeness (QED) is 0.620. The SMILES string of the molecule is Cc1csc(/C(C#N)=C/NNC(=O)[C@H](C)Oc2ccccc2F)n1. The second-order valence-corrected chi connectivity index (χ2v) is 5.65. The van der Waals surface area contributed by atoms with Gasteiger partial charge in [0.1, 0.15) is 16.6 Å². The Labute approximate surface area is 142 Å². The molecule has 0 aliphatic heterocycles. The summed E-state index contributed by atoms with van der Waals surface area (Å²) in [6.45, 7) is 3.31. The molecule has 1 atom stereocenters. The Morgan fingerprint density at radius 2 is 2.25 bits per heavy atom. The maximum absolute atomic E-state index is 13.5. The predicted octanol–water partition coefficient (Wildman–Crippen LogP) is 2.54. The summed E-state index contributed by atoms with van der Waals surface area (Å²) in [5.41, 5.74) is 6.01. The molecule has 24 heavy (non-hydrogen) atoms. The first-order valence-corrected chi connectivity index (χ1v) is 7.88. The molecule has 0 bridgehead atoms. The molecule has 0 radical (unpaired) electrons. The van der Waals surface area contributed by atoms with Gasteiger partial charge in [-0.1, -0.05) is 12.1 Å². The fourth-order valence-electron chi connectivity index (χ4n) is 1.68. The first-order valence-electron chi connectivity index (χ1n) is 7.00. The molecule has 0 unspecified atom stereocenters. The number of hydrogen-bond acceptors (Lipinski definition) is 6. The first kappa shape index (κ1) is 17.4. The maximum atomic E-state index is 13.5. The van der Waals surface area contributed by atoms with E-state index in [2.05, 4.69) is 15.8 Å². The van der Waals surface area contributed by atoms with Crippen molar-refractivity contribution in [3.63, 3.8) is 0 Å². The van der Waals surface area contributed by atoms with Crippen LogP contribution in [0.1, 0.15) is 17.6 Å². The van der Waals surface area contributed by atoms with Crippen LogP contribution in [0, 0.1) is 24.1 Å². The lowest BCUT2D eigenvalue weighted by Crippen LogP contribution is -2.42. The van der Waals surface area contributed by atoms with Crippen LogP contribution in [0.15, 0.2) is 35.8 Å². The highest BCUT2D eigenvalue weighted by Gasteiger charge is 2.16. The standard InChI is InChI=1S/C16H15FN4O2S/c1-10-9-24-16(20-10)12(7-18)8-19-21-15(22)11(2)23-14-6-4-3-5-13(14)17/h3-6,8-9,11,19H,1-2H3,(H,21,22)/b12-8+/t11-/m0/s1. The Hall–Kier alpha value is -2.92. The number of rotatable bonds is 6. The van der Waals surface area contributed by atoms with Crippen molar-refractivity contribution in [2.75, 3.05) is 0 Å². The fourth-order valence-corrected chi connectivity index (χ4v) is 2.45. The largest absolute Gasteiger partial charge is 0.478 e. The summed E-state index contributed by atoms with van der Waals surface area (Å²) in [4.78, 5) is 16.1.